The quantitative estimate of drug-likeness (QED) is 0.336. The smallest absolute Gasteiger partial charge is 0.434 e. The Hall–Kier alpha value is -1.30. The van der Waals surface area contributed by atoms with Crippen molar-refractivity contribution in [3.63, 3.8) is 0 Å². The summed E-state index contributed by atoms with van der Waals surface area (Å²) in [4.78, 5) is 8.04. The Morgan fingerprint density at radius 3 is 2.74 bits per heavy atom. The van der Waals surface area contributed by atoms with Gasteiger partial charge < -0.3 is 15.1 Å². The van der Waals surface area contributed by atoms with Gasteiger partial charge in [-0.05, 0) is 25.0 Å². The van der Waals surface area contributed by atoms with Crippen molar-refractivity contribution in [2.75, 3.05) is 6.54 Å². The number of nitrogens with one attached hydrogen (secondary N) is 2. The van der Waals surface area contributed by atoms with E-state index in [4.69, 9.17) is 4.42 Å². The molecule has 3 rings (SSSR count). The molecule has 0 radical (unpaired) electrons. The van der Waals surface area contributed by atoms with Crippen molar-refractivity contribution in [1.82, 2.24) is 15.6 Å². The largest absolute Gasteiger partial charge is 0.469 e. The van der Waals surface area contributed by atoms with E-state index in [2.05, 4.69) is 20.6 Å². The summed E-state index contributed by atoms with van der Waals surface area (Å²) in [7, 11) is 0. The second kappa shape index (κ2) is 10.3. The Kier molecular flexibility index (Phi) is 8.39. The summed E-state index contributed by atoms with van der Waals surface area (Å²) in [5, 5.41) is 7.96. The van der Waals surface area contributed by atoms with Crippen molar-refractivity contribution in [3.05, 3.63) is 40.2 Å². The van der Waals surface area contributed by atoms with Crippen molar-refractivity contribution >= 4 is 41.3 Å². The molecule has 0 bridgehead atoms. The van der Waals surface area contributed by atoms with E-state index in [9.17, 15) is 13.2 Å². The van der Waals surface area contributed by atoms with Gasteiger partial charge in [-0.25, -0.2) is 9.98 Å². The lowest BCUT2D eigenvalue weighted by Gasteiger charge is -2.17. The number of alkyl halides is 3. The third kappa shape index (κ3) is 6.98. The predicted octanol–water partition coefficient (Wildman–Crippen LogP) is 4.59. The number of aromatic nitrogens is 1. The molecule has 1 fully saturated rings. The summed E-state index contributed by atoms with van der Waals surface area (Å²) in [6.45, 7) is 0.737. The molecule has 27 heavy (non-hydrogen) atoms. The van der Waals surface area contributed by atoms with Gasteiger partial charge in [-0.1, -0.05) is 12.8 Å². The molecule has 5 nitrogen and oxygen atoms in total. The molecule has 0 spiro atoms. The Labute approximate surface area is 176 Å². The molecule has 0 amide bonds. The van der Waals surface area contributed by atoms with Gasteiger partial charge in [-0.2, -0.15) is 13.2 Å². The number of hydrogen-bond donors (Lipinski definition) is 2. The highest BCUT2D eigenvalue weighted by Crippen LogP contribution is 2.30. The molecule has 2 heterocycles. The monoisotopic (exact) mass is 514 g/mol. The van der Waals surface area contributed by atoms with Gasteiger partial charge in [0.15, 0.2) is 11.7 Å². The van der Waals surface area contributed by atoms with Gasteiger partial charge in [0.1, 0.15) is 10.8 Å². The summed E-state index contributed by atoms with van der Waals surface area (Å²) in [5.41, 5.74) is -0.858. The van der Waals surface area contributed by atoms with Crippen LogP contribution in [-0.2, 0) is 19.1 Å². The normalized spacial score (nSPS) is 15.6. The van der Waals surface area contributed by atoms with Crippen molar-refractivity contribution in [2.45, 2.75) is 50.9 Å². The Morgan fingerprint density at radius 1 is 1.33 bits per heavy atom. The van der Waals surface area contributed by atoms with E-state index in [1.807, 2.05) is 12.1 Å². The minimum Gasteiger partial charge on any atom is -0.469 e. The molecule has 0 unspecified atom stereocenters. The lowest BCUT2D eigenvalue weighted by atomic mass is 10.2. The van der Waals surface area contributed by atoms with Gasteiger partial charge in [-0.15, -0.1) is 35.3 Å². The van der Waals surface area contributed by atoms with Crippen LogP contribution < -0.4 is 10.6 Å². The van der Waals surface area contributed by atoms with E-state index >= 15 is 0 Å². The molecule has 1 aliphatic carbocycles. The second-order valence-electron chi connectivity index (χ2n) is 6.17. The average molecular weight is 514 g/mol. The molecule has 0 aliphatic heterocycles. The molecule has 10 heteroatoms. The SMILES string of the molecule is FC(F)(F)c1csc(CN=C(NCCc2ccco2)NC2CCCC2)n1.I. The van der Waals surface area contributed by atoms with Crippen LogP contribution in [0.25, 0.3) is 0 Å². The fourth-order valence-electron chi connectivity index (χ4n) is 2.84. The standard InChI is InChI=1S/C17H21F3N4OS.HI/c18-17(19,20)14-11-26-15(24-14)10-22-16(23-12-4-1-2-5-12)21-8-7-13-6-3-9-25-13;/h3,6,9,11-12H,1-2,4-5,7-8,10H2,(H2,21,22,23);1H. The van der Waals surface area contributed by atoms with Gasteiger partial charge in [0, 0.05) is 24.4 Å². The van der Waals surface area contributed by atoms with Crippen LogP contribution in [0.4, 0.5) is 13.2 Å². The molecule has 1 saturated carbocycles. The summed E-state index contributed by atoms with van der Waals surface area (Å²) in [6.07, 6.45) is 2.43. The van der Waals surface area contributed by atoms with E-state index in [0.717, 1.165) is 35.3 Å². The zero-order valence-electron chi connectivity index (χ0n) is 14.6. The number of halogens is 4. The van der Waals surface area contributed by atoms with Crippen LogP contribution >= 0.6 is 35.3 Å². The Bertz CT molecular complexity index is 712. The molecule has 0 saturated heterocycles. The van der Waals surface area contributed by atoms with E-state index in [1.54, 1.807) is 6.26 Å². The van der Waals surface area contributed by atoms with Crippen LogP contribution in [0.2, 0.25) is 0 Å². The van der Waals surface area contributed by atoms with Crippen LogP contribution in [-0.4, -0.2) is 23.5 Å². The molecule has 2 aromatic heterocycles. The fourth-order valence-corrected chi connectivity index (χ4v) is 3.56. The molecular formula is C17H22F3IN4OS. The molecule has 0 atom stereocenters. The minimum atomic E-state index is -4.41. The highest BCUT2D eigenvalue weighted by atomic mass is 127. The summed E-state index contributed by atoms with van der Waals surface area (Å²) in [6, 6.07) is 4.09. The number of furan rings is 1. The third-order valence-electron chi connectivity index (χ3n) is 4.15. The van der Waals surface area contributed by atoms with Crippen molar-refractivity contribution in [1.29, 1.82) is 0 Å². The zero-order valence-corrected chi connectivity index (χ0v) is 17.7. The number of aliphatic imine (C=N–C) groups is 1. The summed E-state index contributed by atoms with van der Waals surface area (Å²) < 4.78 is 43.2. The molecule has 2 aromatic rings. The first-order valence-electron chi connectivity index (χ1n) is 8.59. The zero-order chi connectivity index (χ0) is 18.4. The first kappa shape index (κ1) is 22.0. The first-order chi connectivity index (χ1) is 12.5. The number of guanidine groups is 1. The van der Waals surface area contributed by atoms with Crippen LogP contribution in [0.1, 0.15) is 42.1 Å². The van der Waals surface area contributed by atoms with Crippen molar-refractivity contribution in [2.24, 2.45) is 4.99 Å². The predicted molar refractivity (Wildman–Crippen MR) is 109 cm³/mol. The van der Waals surface area contributed by atoms with E-state index in [-0.39, 0.29) is 30.5 Å². The number of rotatable bonds is 6. The van der Waals surface area contributed by atoms with Gasteiger partial charge in [-0.3, -0.25) is 0 Å². The summed E-state index contributed by atoms with van der Waals surface area (Å²) in [5.74, 6) is 1.47. The van der Waals surface area contributed by atoms with Crippen molar-refractivity contribution < 1.29 is 17.6 Å². The maximum Gasteiger partial charge on any atom is 0.434 e. The maximum atomic E-state index is 12.6. The fraction of sp³-hybridized carbons (Fsp3) is 0.529. The van der Waals surface area contributed by atoms with E-state index in [1.165, 1.54) is 12.8 Å². The first-order valence-corrected chi connectivity index (χ1v) is 9.47. The topological polar surface area (TPSA) is 62.5 Å². The number of nitrogens with zero attached hydrogens (tertiary/aromatic N) is 2. The number of thiazole rings is 1. The van der Waals surface area contributed by atoms with E-state index < -0.39 is 11.9 Å². The van der Waals surface area contributed by atoms with Crippen LogP contribution in [0.3, 0.4) is 0 Å². The minimum absolute atomic E-state index is 0. The Balaban J connectivity index is 0.00000261. The molecular weight excluding hydrogens is 492 g/mol. The lowest BCUT2D eigenvalue weighted by Crippen LogP contribution is -2.43. The third-order valence-corrected chi connectivity index (χ3v) is 4.99. The van der Waals surface area contributed by atoms with Gasteiger partial charge in [0.05, 0.1) is 12.8 Å². The van der Waals surface area contributed by atoms with Gasteiger partial charge >= 0.3 is 6.18 Å². The van der Waals surface area contributed by atoms with Crippen LogP contribution in [0.5, 0.6) is 0 Å². The maximum absolute atomic E-state index is 12.6. The van der Waals surface area contributed by atoms with Gasteiger partial charge in [0.25, 0.3) is 0 Å². The highest BCUT2D eigenvalue weighted by Gasteiger charge is 2.33. The second-order valence-corrected chi connectivity index (χ2v) is 7.11. The van der Waals surface area contributed by atoms with Gasteiger partial charge in [0.2, 0.25) is 0 Å². The molecule has 0 aromatic carbocycles. The molecule has 2 N–H and O–H groups in total. The lowest BCUT2D eigenvalue weighted by molar-refractivity contribution is -0.140. The Morgan fingerprint density at radius 2 is 2.11 bits per heavy atom. The van der Waals surface area contributed by atoms with E-state index in [0.29, 0.717) is 30.0 Å². The van der Waals surface area contributed by atoms with Crippen LogP contribution in [0, 0.1) is 0 Å². The average Bonchev–Trinajstić information content (AvgIpc) is 3.34. The summed E-state index contributed by atoms with van der Waals surface area (Å²) >= 11 is 0.974. The van der Waals surface area contributed by atoms with Crippen LogP contribution in [0.15, 0.2) is 33.2 Å². The molecule has 150 valence electrons. The highest BCUT2D eigenvalue weighted by molar-refractivity contribution is 14.0. The molecule has 1 aliphatic rings. The number of hydrogen-bond acceptors (Lipinski definition) is 4. The van der Waals surface area contributed by atoms with Crippen molar-refractivity contribution in [3.8, 4) is 0 Å².